The second-order valence-electron chi connectivity index (χ2n) is 4.86. The Bertz CT molecular complexity index is 318. The second-order valence-corrected chi connectivity index (χ2v) is 5.92. The van der Waals surface area contributed by atoms with Crippen LogP contribution in [0.4, 0.5) is 0 Å². The zero-order valence-electron chi connectivity index (χ0n) is 10.7. The third-order valence-corrected chi connectivity index (χ3v) is 4.18. The molecule has 1 saturated heterocycles. The minimum absolute atomic E-state index is 0.929. The molecule has 0 amide bonds. The summed E-state index contributed by atoms with van der Waals surface area (Å²) < 4.78 is 0. The van der Waals surface area contributed by atoms with Gasteiger partial charge in [-0.25, -0.2) is 4.98 Å². The standard InChI is InChI=1S/C13H23N3S/c1-11-16-13(10-17-11)5-8-14-6-2-3-12-4-7-15-9-12/h10,12,14-15H,2-9H2,1H3. The van der Waals surface area contributed by atoms with Crippen LogP contribution in [0.1, 0.15) is 30.0 Å². The molecule has 1 aromatic rings. The highest BCUT2D eigenvalue weighted by Crippen LogP contribution is 2.13. The van der Waals surface area contributed by atoms with E-state index in [1.54, 1.807) is 11.3 Å². The van der Waals surface area contributed by atoms with Crippen LogP contribution < -0.4 is 10.6 Å². The van der Waals surface area contributed by atoms with Crippen LogP contribution in [0.2, 0.25) is 0 Å². The fourth-order valence-corrected chi connectivity index (χ4v) is 2.99. The maximum Gasteiger partial charge on any atom is 0.0897 e. The number of rotatable bonds is 7. The summed E-state index contributed by atoms with van der Waals surface area (Å²) in [5.41, 5.74) is 1.24. The lowest BCUT2D eigenvalue weighted by Crippen LogP contribution is -2.19. The Morgan fingerprint density at radius 1 is 1.53 bits per heavy atom. The molecule has 4 heteroatoms. The minimum Gasteiger partial charge on any atom is -0.316 e. The number of nitrogens with one attached hydrogen (secondary N) is 2. The molecule has 2 heterocycles. The average Bonchev–Trinajstić information content (AvgIpc) is 2.95. The molecule has 0 aromatic carbocycles. The van der Waals surface area contributed by atoms with E-state index in [9.17, 15) is 0 Å². The monoisotopic (exact) mass is 253 g/mol. The minimum atomic E-state index is 0.929. The van der Waals surface area contributed by atoms with Gasteiger partial charge in [0.1, 0.15) is 0 Å². The highest BCUT2D eigenvalue weighted by molar-refractivity contribution is 7.09. The molecular formula is C13H23N3S. The highest BCUT2D eigenvalue weighted by atomic mass is 32.1. The van der Waals surface area contributed by atoms with E-state index < -0.39 is 0 Å². The zero-order chi connectivity index (χ0) is 11.9. The number of thiazole rings is 1. The summed E-state index contributed by atoms with van der Waals surface area (Å²) in [6.07, 6.45) is 5.12. The van der Waals surface area contributed by atoms with Crippen molar-refractivity contribution >= 4 is 11.3 Å². The summed E-state index contributed by atoms with van der Waals surface area (Å²) in [4.78, 5) is 4.46. The largest absolute Gasteiger partial charge is 0.316 e. The first kappa shape index (κ1) is 13.0. The van der Waals surface area contributed by atoms with Crippen molar-refractivity contribution in [3.8, 4) is 0 Å². The zero-order valence-corrected chi connectivity index (χ0v) is 11.5. The van der Waals surface area contributed by atoms with Crippen molar-refractivity contribution in [1.29, 1.82) is 0 Å². The molecule has 2 N–H and O–H groups in total. The first-order valence-electron chi connectivity index (χ1n) is 6.67. The summed E-state index contributed by atoms with van der Waals surface area (Å²) in [6, 6.07) is 0. The first-order chi connectivity index (χ1) is 8.34. The molecule has 0 saturated carbocycles. The van der Waals surface area contributed by atoms with E-state index >= 15 is 0 Å². The smallest absolute Gasteiger partial charge is 0.0897 e. The second kappa shape index (κ2) is 7.09. The van der Waals surface area contributed by atoms with Crippen LogP contribution in [-0.2, 0) is 6.42 Å². The number of hydrogen-bond donors (Lipinski definition) is 2. The lowest BCUT2D eigenvalue weighted by Gasteiger charge is -2.08. The molecule has 2 rings (SSSR count). The summed E-state index contributed by atoms with van der Waals surface area (Å²) in [6.45, 7) is 6.74. The molecule has 1 aromatic heterocycles. The highest BCUT2D eigenvalue weighted by Gasteiger charge is 2.12. The molecule has 0 bridgehead atoms. The van der Waals surface area contributed by atoms with Crippen LogP contribution in [0.25, 0.3) is 0 Å². The van der Waals surface area contributed by atoms with Gasteiger partial charge in [-0.1, -0.05) is 0 Å². The van der Waals surface area contributed by atoms with Crippen LogP contribution in [0.3, 0.4) is 0 Å². The maximum atomic E-state index is 4.46. The van der Waals surface area contributed by atoms with Gasteiger partial charge in [-0.05, 0) is 51.7 Å². The SMILES string of the molecule is Cc1nc(CCNCCCC2CCNC2)cs1. The summed E-state index contributed by atoms with van der Waals surface area (Å²) in [5, 5.41) is 10.3. The molecule has 3 nitrogen and oxygen atoms in total. The summed E-state index contributed by atoms with van der Waals surface area (Å²) >= 11 is 1.74. The van der Waals surface area contributed by atoms with Crippen molar-refractivity contribution in [2.24, 2.45) is 5.92 Å². The third-order valence-electron chi connectivity index (χ3n) is 3.35. The number of hydrogen-bond acceptors (Lipinski definition) is 4. The van der Waals surface area contributed by atoms with E-state index in [1.165, 1.54) is 43.1 Å². The van der Waals surface area contributed by atoms with Crippen LogP contribution in [-0.4, -0.2) is 31.2 Å². The number of nitrogens with zero attached hydrogens (tertiary/aromatic N) is 1. The molecule has 1 aliphatic heterocycles. The van der Waals surface area contributed by atoms with Gasteiger partial charge in [-0.15, -0.1) is 11.3 Å². The van der Waals surface area contributed by atoms with E-state index in [-0.39, 0.29) is 0 Å². The van der Waals surface area contributed by atoms with Gasteiger partial charge in [0.05, 0.1) is 10.7 Å². The van der Waals surface area contributed by atoms with Gasteiger partial charge < -0.3 is 10.6 Å². The predicted octanol–water partition coefficient (Wildman–Crippen LogP) is 1.97. The number of aryl methyl sites for hydroxylation is 1. The third kappa shape index (κ3) is 4.74. The molecule has 1 atom stereocenters. The normalized spacial score (nSPS) is 19.9. The molecule has 96 valence electrons. The predicted molar refractivity (Wildman–Crippen MR) is 73.6 cm³/mol. The van der Waals surface area contributed by atoms with Gasteiger partial charge in [0, 0.05) is 18.3 Å². The Morgan fingerprint density at radius 2 is 2.47 bits per heavy atom. The van der Waals surface area contributed by atoms with E-state index in [4.69, 9.17) is 0 Å². The average molecular weight is 253 g/mol. The van der Waals surface area contributed by atoms with E-state index in [2.05, 4.69) is 27.9 Å². The molecule has 1 fully saturated rings. The van der Waals surface area contributed by atoms with Gasteiger partial charge >= 0.3 is 0 Å². The van der Waals surface area contributed by atoms with Crippen LogP contribution in [0, 0.1) is 12.8 Å². The van der Waals surface area contributed by atoms with Gasteiger partial charge in [0.25, 0.3) is 0 Å². The van der Waals surface area contributed by atoms with Crippen LogP contribution in [0.15, 0.2) is 5.38 Å². The van der Waals surface area contributed by atoms with E-state index in [0.717, 1.165) is 25.4 Å². The van der Waals surface area contributed by atoms with Crippen molar-refractivity contribution in [2.75, 3.05) is 26.2 Å². The summed E-state index contributed by atoms with van der Waals surface area (Å²) in [5.74, 6) is 0.929. The van der Waals surface area contributed by atoms with Crippen LogP contribution in [0.5, 0.6) is 0 Å². The Balaban J connectivity index is 1.46. The van der Waals surface area contributed by atoms with Gasteiger partial charge in [0.2, 0.25) is 0 Å². The summed E-state index contributed by atoms with van der Waals surface area (Å²) in [7, 11) is 0. The fourth-order valence-electron chi connectivity index (χ4n) is 2.34. The van der Waals surface area contributed by atoms with E-state index in [1.807, 2.05) is 0 Å². The van der Waals surface area contributed by atoms with E-state index in [0.29, 0.717) is 0 Å². The molecule has 17 heavy (non-hydrogen) atoms. The van der Waals surface area contributed by atoms with Crippen molar-refractivity contribution in [3.63, 3.8) is 0 Å². The molecule has 0 spiro atoms. The lowest BCUT2D eigenvalue weighted by atomic mass is 10.0. The lowest BCUT2D eigenvalue weighted by molar-refractivity contribution is 0.493. The van der Waals surface area contributed by atoms with Gasteiger partial charge in [-0.3, -0.25) is 0 Å². The fraction of sp³-hybridized carbons (Fsp3) is 0.769. The van der Waals surface area contributed by atoms with Crippen molar-refractivity contribution in [3.05, 3.63) is 16.1 Å². The maximum absolute atomic E-state index is 4.46. The first-order valence-corrected chi connectivity index (χ1v) is 7.55. The van der Waals surface area contributed by atoms with Crippen molar-refractivity contribution in [1.82, 2.24) is 15.6 Å². The Kier molecular flexibility index (Phi) is 5.42. The van der Waals surface area contributed by atoms with Crippen molar-refractivity contribution in [2.45, 2.75) is 32.6 Å². The van der Waals surface area contributed by atoms with Crippen molar-refractivity contribution < 1.29 is 0 Å². The Hall–Kier alpha value is -0.450. The van der Waals surface area contributed by atoms with Gasteiger partial charge in [-0.2, -0.15) is 0 Å². The molecular weight excluding hydrogens is 230 g/mol. The number of aromatic nitrogens is 1. The van der Waals surface area contributed by atoms with Crippen LogP contribution >= 0.6 is 11.3 Å². The topological polar surface area (TPSA) is 37.0 Å². The molecule has 0 radical (unpaired) electrons. The quantitative estimate of drug-likeness (QED) is 0.730. The Morgan fingerprint density at radius 3 is 3.18 bits per heavy atom. The molecule has 0 aliphatic carbocycles. The molecule has 1 aliphatic rings. The Labute approximate surface area is 108 Å². The molecule has 1 unspecified atom stereocenters. The van der Waals surface area contributed by atoms with Gasteiger partial charge in [0.15, 0.2) is 0 Å².